The molecule has 3 fully saturated rings. The maximum Gasteiger partial charge on any atom is 0.313 e. The predicted molar refractivity (Wildman–Crippen MR) is 106 cm³/mol. The van der Waals surface area contributed by atoms with Crippen LogP contribution in [0.25, 0.3) is 0 Å². The topological polar surface area (TPSA) is 72.5 Å². The third kappa shape index (κ3) is 5.20. The van der Waals surface area contributed by atoms with Crippen LogP contribution >= 0.6 is 0 Å². The summed E-state index contributed by atoms with van der Waals surface area (Å²) in [6.07, 6.45) is 3.36. The van der Waals surface area contributed by atoms with Crippen molar-refractivity contribution >= 4 is 5.97 Å². The zero-order chi connectivity index (χ0) is 21.4. The van der Waals surface area contributed by atoms with Gasteiger partial charge in [0.15, 0.2) is 30.1 Å². The summed E-state index contributed by atoms with van der Waals surface area (Å²) in [5.41, 5.74) is 0. The SMILES string of the molecule is CCC/C=C\[C@@H](C(=O)O[C@@H]1[C@H]2OC(C)(C)O[C@H]2O[C@@H]1[C@H]1COC(C)(C)O1)C(C)C. The minimum atomic E-state index is -0.796. The molecule has 6 atom stereocenters. The van der Waals surface area contributed by atoms with Crippen LogP contribution in [0.4, 0.5) is 0 Å². The van der Waals surface area contributed by atoms with Crippen molar-refractivity contribution in [1.29, 1.82) is 0 Å². The molecule has 0 saturated carbocycles. The Morgan fingerprint density at radius 3 is 2.41 bits per heavy atom. The Labute approximate surface area is 174 Å². The standard InChI is InChI=1S/C22H36O7/c1-8-9-10-11-14(13(2)3)19(23)25-17-16(15-12-24-21(4,5)27-15)26-20-18(17)28-22(6,7)29-20/h10-11,13-18,20H,8-9,12H2,1-7H3/b11-10-/t14-,15-,16-,17+,18-,20-/m1/s1. The number of carbonyl (C=O) groups excluding carboxylic acids is 1. The Morgan fingerprint density at radius 2 is 1.83 bits per heavy atom. The molecule has 0 aromatic rings. The molecule has 0 radical (unpaired) electrons. The zero-order valence-corrected chi connectivity index (χ0v) is 18.7. The number of ether oxygens (including phenoxy) is 6. The zero-order valence-electron chi connectivity index (χ0n) is 18.7. The molecule has 0 bridgehead atoms. The van der Waals surface area contributed by atoms with Crippen molar-refractivity contribution in [3.63, 3.8) is 0 Å². The van der Waals surface area contributed by atoms with Crippen LogP contribution in [0.3, 0.4) is 0 Å². The van der Waals surface area contributed by atoms with Gasteiger partial charge in [-0.15, -0.1) is 0 Å². The lowest BCUT2D eigenvalue weighted by Crippen LogP contribution is -2.46. The van der Waals surface area contributed by atoms with Gasteiger partial charge in [-0.05, 0) is 40.0 Å². The summed E-state index contributed by atoms with van der Waals surface area (Å²) in [6, 6.07) is 0. The van der Waals surface area contributed by atoms with E-state index in [9.17, 15) is 4.79 Å². The first kappa shape index (κ1) is 22.7. The minimum Gasteiger partial charge on any atom is -0.456 e. The largest absolute Gasteiger partial charge is 0.456 e. The highest BCUT2D eigenvalue weighted by molar-refractivity contribution is 5.75. The Morgan fingerprint density at radius 1 is 1.10 bits per heavy atom. The van der Waals surface area contributed by atoms with E-state index in [2.05, 4.69) is 6.92 Å². The molecule has 7 heteroatoms. The summed E-state index contributed by atoms with van der Waals surface area (Å²) in [5.74, 6) is -1.98. The van der Waals surface area contributed by atoms with Crippen LogP contribution < -0.4 is 0 Å². The molecule has 0 unspecified atom stereocenters. The molecule has 0 aromatic heterocycles. The molecule has 3 rings (SSSR count). The van der Waals surface area contributed by atoms with E-state index in [1.807, 2.05) is 53.7 Å². The van der Waals surface area contributed by atoms with Gasteiger partial charge in [-0.25, -0.2) is 0 Å². The van der Waals surface area contributed by atoms with E-state index >= 15 is 0 Å². The maximum absolute atomic E-state index is 13.1. The minimum absolute atomic E-state index is 0.120. The summed E-state index contributed by atoms with van der Waals surface area (Å²) in [6.45, 7) is 13.9. The Balaban J connectivity index is 1.77. The second-order valence-corrected chi connectivity index (χ2v) is 9.32. The fraction of sp³-hybridized carbons (Fsp3) is 0.864. The fourth-order valence-electron chi connectivity index (χ4n) is 4.01. The molecular formula is C22H36O7. The third-order valence-electron chi connectivity index (χ3n) is 5.47. The molecular weight excluding hydrogens is 376 g/mol. The summed E-state index contributed by atoms with van der Waals surface area (Å²) in [4.78, 5) is 13.1. The number of fused-ring (bicyclic) bond motifs is 1. The molecule has 0 aliphatic carbocycles. The summed E-state index contributed by atoms with van der Waals surface area (Å²) in [7, 11) is 0. The van der Waals surface area contributed by atoms with Crippen molar-refractivity contribution in [2.24, 2.45) is 11.8 Å². The van der Waals surface area contributed by atoms with E-state index < -0.39 is 36.2 Å². The van der Waals surface area contributed by atoms with Gasteiger partial charge in [-0.3, -0.25) is 4.79 Å². The monoisotopic (exact) mass is 412 g/mol. The highest BCUT2D eigenvalue weighted by Crippen LogP contribution is 2.42. The van der Waals surface area contributed by atoms with Crippen LogP contribution in [0.2, 0.25) is 0 Å². The molecule has 29 heavy (non-hydrogen) atoms. The third-order valence-corrected chi connectivity index (χ3v) is 5.47. The van der Waals surface area contributed by atoms with Gasteiger partial charge in [0.25, 0.3) is 0 Å². The first-order valence-electron chi connectivity index (χ1n) is 10.7. The molecule has 0 amide bonds. The lowest BCUT2D eigenvalue weighted by atomic mass is 9.94. The first-order chi connectivity index (χ1) is 13.5. The van der Waals surface area contributed by atoms with Crippen LogP contribution in [0, 0.1) is 11.8 Å². The smallest absolute Gasteiger partial charge is 0.313 e. The Bertz CT molecular complexity index is 612. The lowest BCUT2D eigenvalue weighted by molar-refractivity contribution is -0.235. The average molecular weight is 413 g/mol. The summed E-state index contributed by atoms with van der Waals surface area (Å²) in [5, 5.41) is 0. The van der Waals surface area contributed by atoms with Crippen LogP contribution in [0.1, 0.15) is 61.3 Å². The van der Waals surface area contributed by atoms with Gasteiger partial charge in [-0.1, -0.05) is 39.3 Å². The van der Waals surface area contributed by atoms with Gasteiger partial charge >= 0.3 is 5.97 Å². The van der Waals surface area contributed by atoms with Crippen LogP contribution in [0.15, 0.2) is 12.2 Å². The van der Waals surface area contributed by atoms with Crippen molar-refractivity contribution in [3.8, 4) is 0 Å². The Hall–Kier alpha value is -0.990. The van der Waals surface area contributed by atoms with E-state index in [1.165, 1.54) is 0 Å². The van der Waals surface area contributed by atoms with E-state index in [4.69, 9.17) is 28.4 Å². The van der Waals surface area contributed by atoms with Crippen molar-refractivity contribution in [2.45, 2.75) is 104 Å². The fourth-order valence-corrected chi connectivity index (χ4v) is 4.01. The number of rotatable bonds is 7. The molecule has 3 aliphatic heterocycles. The van der Waals surface area contributed by atoms with E-state index in [0.29, 0.717) is 6.61 Å². The molecule has 7 nitrogen and oxygen atoms in total. The van der Waals surface area contributed by atoms with Crippen LogP contribution in [-0.2, 0) is 33.2 Å². The normalized spacial score (nSPS) is 36.6. The average Bonchev–Trinajstić information content (AvgIpc) is 3.21. The number of allylic oxidation sites excluding steroid dienone is 1. The van der Waals surface area contributed by atoms with Gasteiger partial charge < -0.3 is 28.4 Å². The molecule has 3 aliphatic rings. The first-order valence-corrected chi connectivity index (χ1v) is 10.7. The van der Waals surface area contributed by atoms with Crippen molar-refractivity contribution < 1.29 is 33.2 Å². The summed E-state index contributed by atoms with van der Waals surface area (Å²) >= 11 is 0. The van der Waals surface area contributed by atoms with E-state index in [0.717, 1.165) is 12.8 Å². The van der Waals surface area contributed by atoms with Crippen molar-refractivity contribution in [1.82, 2.24) is 0 Å². The predicted octanol–water partition coefficient (Wildman–Crippen LogP) is 3.55. The lowest BCUT2D eigenvalue weighted by Gasteiger charge is -2.30. The molecule has 0 spiro atoms. The second-order valence-electron chi connectivity index (χ2n) is 9.32. The number of esters is 1. The van der Waals surface area contributed by atoms with E-state index in [-0.39, 0.29) is 23.9 Å². The van der Waals surface area contributed by atoms with Gasteiger partial charge in [-0.2, -0.15) is 0 Å². The van der Waals surface area contributed by atoms with Crippen LogP contribution in [-0.4, -0.2) is 54.9 Å². The van der Waals surface area contributed by atoms with Gasteiger partial charge in [0.2, 0.25) is 0 Å². The molecule has 166 valence electrons. The van der Waals surface area contributed by atoms with Crippen molar-refractivity contribution in [3.05, 3.63) is 12.2 Å². The van der Waals surface area contributed by atoms with E-state index in [1.54, 1.807) is 0 Å². The number of carbonyl (C=O) groups is 1. The quantitative estimate of drug-likeness (QED) is 0.468. The molecule has 0 aromatic carbocycles. The van der Waals surface area contributed by atoms with Gasteiger partial charge in [0.05, 0.1) is 12.5 Å². The van der Waals surface area contributed by atoms with Gasteiger partial charge in [0.1, 0.15) is 12.2 Å². The number of hydrogen-bond acceptors (Lipinski definition) is 7. The highest BCUT2D eigenvalue weighted by Gasteiger charge is 2.60. The number of hydrogen-bond donors (Lipinski definition) is 0. The molecule has 3 heterocycles. The molecule has 3 saturated heterocycles. The van der Waals surface area contributed by atoms with Gasteiger partial charge in [0, 0.05) is 0 Å². The maximum atomic E-state index is 13.1. The van der Waals surface area contributed by atoms with Crippen LogP contribution in [0.5, 0.6) is 0 Å². The second kappa shape index (κ2) is 8.63. The molecule has 0 N–H and O–H groups in total. The summed E-state index contributed by atoms with van der Waals surface area (Å²) < 4.78 is 35.7. The Kier molecular flexibility index (Phi) is 6.75. The number of unbranched alkanes of at least 4 members (excludes halogenated alkanes) is 1. The van der Waals surface area contributed by atoms with Crippen molar-refractivity contribution in [2.75, 3.05) is 6.61 Å². The highest BCUT2D eigenvalue weighted by atomic mass is 16.8.